The standard InChI is InChI=1S/C14H20N2O2/c1-10(2)16(12(4)17)9-14(18)15-13-7-5-11(3)6-8-13/h5-8,10H,9H2,1-4H3,(H,15,18). The lowest BCUT2D eigenvalue weighted by molar-refractivity contribution is -0.134. The topological polar surface area (TPSA) is 49.4 Å². The number of carbonyl (C=O) groups excluding carboxylic acids is 2. The van der Waals surface area contributed by atoms with Crippen molar-refractivity contribution in [3.05, 3.63) is 29.8 Å². The quantitative estimate of drug-likeness (QED) is 0.888. The van der Waals surface area contributed by atoms with Crippen LogP contribution in [0.3, 0.4) is 0 Å². The van der Waals surface area contributed by atoms with E-state index in [1.165, 1.54) is 11.8 Å². The van der Waals surface area contributed by atoms with Crippen molar-refractivity contribution in [1.29, 1.82) is 0 Å². The minimum Gasteiger partial charge on any atom is -0.331 e. The molecule has 1 aromatic carbocycles. The van der Waals surface area contributed by atoms with E-state index < -0.39 is 0 Å². The van der Waals surface area contributed by atoms with Gasteiger partial charge in [-0.2, -0.15) is 0 Å². The minimum atomic E-state index is -0.178. The molecule has 1 N–H and O–H groups in total. The Morgan fingerprint density at radius 2 is 1.78 bits per heavy atom. The molecule has 18 heavy (non-hydrogen) atoms. The van der Waals surface area contributed by atoms with Crippen LogP contribution < -0.4 is 5.32 Å². The Labute approximate surface area is 108 Å². The lowest BCUT2D eigenvalue weighted by Crippen LogP contribution is -2.41. The zero-order valence-corrected chi connectivity index (χ0v) is 11.4. The first-order valence-corrected chi connectivity index (χ1v) is 6.04. The summed E-state index contributed by atoms with van der Waals surface area (Å²) in [5.74, 6) is -0.271. The summed E-state index contributed by atoms with van der Waals surface area (Å²) in [7, 11) is 0. The van der Waals surface area contributed by atoms with Crippen LogP contribution in [-0.2, 0) is 9.59 Å². The average Bonchev–Trinajstić information content (AvgIpc) is 2.28. The first-order valence-electron chi connectivity index (χ1n) is 6.04. The number of nitrogens with one attached hydrogen (secondary N) is 1. The molecule has 4 heteroatoms. The van der Waals surface area contributed by atoms with E-state index in [2.05, 4.69) is 5.32 Å². The molecule has 0 fully saturated rings. The van der Waals surface area contributed by atoms with Gasteiger partial charge in [0.15, 0.2) is 0 Å². The van der Waals surface area contributed by atoms with Crippen LogP contribution in [0.2, 0.25) is 0 Å². The Balaban J connectivity index is 2.60. The number of nitrogens with zero attached hydrogens (tertiary/aromatic N) is 1. The van der Waals surface area contributed by atoms with Crippen molar-refractivity contribution in [2.45, 2.75) is 33.7 Å². The summed E-state index contributed by atoms with van der Waals surface area (Å²) in [6, 6.07) is 7.58. The summed E-state index contributed by atoms with van der Waals surface area (Å²) < 4.78 is 0. The molecular weight excluding hydrogens is 228 g/mol. The monoisotopic (exact) mass is 248 g/mol. The molecule has 0 heterocycles. The Morgan fingerprint density at radius 3 is 2.22 bits per heavy atom. The Hall–Kier alpha value is -1.84. The van der Waals surface area contributed by atoms with Crippen LogP contribution >= 0.6 is 0 Å². The molecule has 1 aromatic rings. The highest BCUT2D eigenvalue weighted by atomic mass is 16.2. The third-order valence-electron chi connectivity index (χ3n) is 2.68. The molecular formula is C14H20N2O2. The maximum Gasteiger partial charge on any atom is 0.244 e. The molecule has 0 radical (unpaired) electrons. The molecule has 98 valence electrons. The van der Waals surface area contributed by atoms with E-state index in [0.717, 1.165) is 11.3 Å². The van der Waals surface area contributed by atoms with Crippen molar-refractivity contribution in [2.24, 2.45) is 0 Å². The number of benzene rings is 1. The molecule has 4 nitrogen and oxygen atoms in total. The molecule has 0 aliphatic heterocycles. The van der Waals surface area contributed by atoms with Crippen LogP contribution in [0.5, 0.6) is 0 Å². The summed E-state index contributed by atoms with van der Waals surface area (Å²) in [4.78, 5) is 24.7. The van der Waals surface area contributed by atoms with Crippen LogP contribution in [0.15, 0.2) is 24.3 Å². The van der Waals surface area contributed by atoms with E-state index in [9.17, 15) is 9.59 Å². The molecule has 0 saturated carbocycles. The second-order valence-corrected chi connectivity index (χ2v) is 4.65. The minimum absolute atomic E-state index is 0.0197. The third-order valence-corrected chi connectivity index (χ3v) is 2.68. The van der Waals surface area contributed by atoms with Gasteiger partial charge in [0.1, 0.15) is 6.54 Å². The van der Waals surface area contributed by atoms with E-state index in [4.69, 9.17) is 0 Å². The van der Waals surface area contributed by atoms with Crippen molar-refractivity contribution < 1.29 is 9.59 Å². The molecule has 2 amide bonds. The fourth-order valence-corrected chi connectivity index (χ4v) is 1.65. The van der Waals surface area contributed by atoms with Gasteiger partial charge in [-0.3, -0.25) is 9.59 Å². The molecule has 0 spiro atoms. The van der Waals surface area contributed by atoms with Gasteiger partial charge >= 0.3 is 0 Å². The Kier molecular flexibility index (Phi) is 4.89. The molecule has 0 aliphatic carbocycles. The summed E-state index contributed by atoms with van der Waals surface area (Å²) in [5.41, 5.74) is 1.89. The van der Waals surface area contributed by atoms with Gasteiger partial charge in [0.2, 0.25) is 11.8 Å². The first kappa shape index (κ1) is 14.2. The maximum atomic E-state index is 11.8. The van der Waals surface area contributed by atoms with Crippen LogP contribution in [-0.4, -0.2) is 29.3 Å². The van der Waals surface area contributed by atoms with Crippen molar-refractivity contribution >= 4 is 17.5 Å². The molecule has 0 atom stereocenters. The van der Waals surface area contributed by atoms with E-state index in [1.54, 1.807) is 0 Å². The maximum absolute atomic E-state index is 11.8. The van der Waals surface area contributed by atoms with Gasteiger partial charge in [0.25, 0.3) is 0 Å². The zero-order valence-electron chi connectivity index (χ0n) is 11.4. The van der Waals surface area contributed by atoms with Crippen LogP contribution in [0.4, 0.5) is 5.69 Å². The second kappa shape index (κ2) is 6.19. The van der Waals surface area contributed by atoms with Gasteiger partial charge in [-0.25, -0.2) is 0 Å². The number of amides is 2. The number of anilines is 1. The van der Waals surface area contributed by atoms with Crippen LogP contribution in [0.25, 0.3) is 0 Å². The molecule has 0 aromatic heterocycles. The summed E-state index contributed by atoms with van der Waals surface area (Å²) in [6.45, 7) is 7.32. The molecule has 0 bridgehead atoms. The Bertz CT molecular complexity index is 424. The largest absolute Gasteiger partial charge is 0.331 e. The normalized spacial score (nSPS) is 10.3. The van der Waals surface area contributed by atoms with Gasteiger partial charge in [0, 0.05) is 18.7 Å². The van der Waals surface area contributed by atoms with Crippen molar-refractivity contribution in [3.8, 4) is 0 Å². The second-order valence-electron chi connectivity index (χ2n) is 4.65. The summed E-state index contributed by atoms with van der Waals surface area (Å²) >= 11 is 0. The van der Waals surface area contributed by atoms with Gasteiger partial charge in [-0.05, 0) is 32.9 Å². The van der Waals surface area contributed by atoms with Crippen molar-refractivity contribution in [2.75, 3.05) is 11.9 Å². The highest BCUT2D eigenvalue weighted by Crippen LogP contribution is 2.09. The van der Waals surface area contributed by atoms with E-state index in [0.29, 0.717) is 0 Å². The molecule has 0 saturated heterocycles. The molecule has 0 aliphatic rings. The highest BCUT2D eigenvalue weighted by molar-refractivity contribution is 5.94. The first-order chi connectivity index (χ1) is 8.40. The number of hydrogen-bond acceptors (Lipinski definition) is 2. The fraction of sp³-hybridized carbons (Fsp3) is 0.429. The zero-order chi connectivity index (χ0) is 13.7. The predicted octanol–water partition coefficient (Wildman–Crippen LogP) is 2.19. The van der Waals surface area contributed by atoms with Gasteiger partial charge < -0.3 is 10.2 Å². The van der Waals surface area contributed by atoms with Crippen LogP contribution in [0.1, 0.15) is 26.3 Å². The number of rotatable bonds is 4. The predicted molar refractivity (Wildman–Crippen MR) is 72.3 cm³/mol. The number of aryl methyl sites for hydroxylation is 1. The summed E-state index contributed by atoms with van der Waals surface area (Å²) in [6.07, 6.45) is 0. The number of hydrogen-bond donors (Lipinski definition) is 1. The Morgan fingerprint density at radius 1 is 1.22 bits per heavy atom. The fourth-order valence-electron chi connectivity index (χ4n) is 1.65. The van der Waals surface area contributed by atoms with Crippen molar-refractivity contribution in [1.82, 2.24) is 4.90 Å². The van der Waals surface area contributed by atoms with Gasteiger partial charge in [-0.15, -0.1) is 0 Å². The molecule has 0 unspecified atom stereocenters. The average molecular weight is 248 g/mol. The summed E-state index contributed by atoms with van der Waals surface area (Å²) in [5, 5.41) is 2.78. The van der Waals surface area contributed by atoms with Crippen molar-refractivity contribution in [3.63, 3.8) is 0 Å². The molecule has 1 rings (SSSR count). The van der Waals surface area contributed by atoms with E-state index in [-0.39, 0.29) is 24.4 Å². The SMILES string of the molecule is CC(=O)N(CC(=O)Nc1ccc(C)cc1)C(C)C. The smallest absolute Gasteiger partial charge is 0.244 e. The third kappa shape index (κ3) is 4.20. The van der Waals surface area contributed by atoms with Gasteiger partial charge in [-0.1, -0.05) is 17.7 Å². The van der Waals surface area contributed by atoms with Crippen LogP contribution in [0, 0.1) is 6.92 Å². The van der Waals surface area contributed by atoms with E-state index >= 15 is 0 Å². The highest BCUT2D eigenvalue weighted by Gasteiger charge is 2.16. The van der Waals surface area contributed by atoms with Gasteiger partial charge in [0.05, 0.1) is 0 Å². The lowest BCUT2D eigenvalue weighted by Gasteiger charge is -2.24. The number of carbonyl (C=O) groups is 2. The lowest BCUT2D eigenvalue weighted by atomic mass is 10.2. The van der Waals surface area contributed by atoms with E-state index in [1.807, 2.05) is 45.0 Å².